The summed E-state index contributed by atoms with van der Waals surface area (Å²) >= 11 is 1.73. The highest BCUT2D eigenvalue weighted by molar-refractivity contribution is 7.22. The Morgan fingerprint density at radius 1 is 0.471 bits per heavy atom. The van der Waals surface area contributed by atoms with Gasteiger partial charge in [0, 0.05) is 38.2 Å². The molecule has 3 nitrogen and oxygen atoms in total. The van der Waals surface area contributed by atoms with Gasteiger partial charge in [-0.1, -0.05) is 109 Å². The summed E-state index contributed by atoms with van der Waals surface area (Å²) in [5, 5.41) is 8.24. The van der Waals surface area contributed by atoms with Crippen LogP contribution >= 0.6 is 11.3 Å². The average Bonchev–Trinajstić information content (AvgIpc) is 3.90. The number of fused-ring (bicyclic) bond motifs is 10. The highest BCUT2D eigenvalue weighted by atomic mass is 32.1. The molecule has 3 heterocycles. The van der Waals surface area contributed by atoms with E-state index in [1.54, 1.807) is 11.3 Å². The summed E-state index contributed by atoms with van der Waals surface area (Å²) in [5.74, 6) is 0. The molecule has 0 unspecified atom stereocenters. The zero-order valence-corrected chi connectivity index (χ0v) is 28.2. The fourth-order valence-electron chi connectivity index (χ4n) is 7.88. The fourth-order valence-corrected chi connectivity index (χ4v) is 9.00. The van der Waals surface area contributed by atoms with E-state index in [2.05, 4.69) is 156 Å². The van der Waals surface area contributed by atoms with Crippen molar-refractivity contribution in [1.82, 2.24) is 9.55 Å². The number of aromatic nitrogens is 2. The first-order valence-electron chi connectivity index (χ1n) is 17.2. The summed E-state index contributed by atoms with van der Waals surface area (Å²) in [6.45, 7) is 0. The smallest absolute Gasteiger partial charge is 0.137 e. The molecular formula is C47H28N2OS. The number of hydrogen-bond donors (Lipinski definition) is 0. The molecule has 4 heteroatoms. The minimum Gasteiger partial charge on any atom is -0.456 e. The van der Waals surface area contributed by atoms with Gasteiger partial charge in [-0.2, -0.15) is 0 Å². The molecule has 238 valence electrons. The number of para-hydroxylation sites is 1. The van der Waals surface area contributed by atoms with Crippen molar-refractivity contribution in [3.05, 3.63) is 170 Å². The van der Waals surface area contributed by atoms with Crippen LogP contribution in [0.15, 0.2) is 174 Å². The summed E-state index contributed by atoms with van der Waals surface area (Å²) in [6, 6.07) is 60.8. The van der Waals surface area contributed by atoms with Gasteiger partial charge in [-0.3, -0.25) is 0 Å². The minimum atomic E-state index is 0.902. The third kappa shape index (κ3) is 4.33. The molecule has 0 saturated carbocycles. The van der Waals surface area contributed by atoms with E-state index in [-0.39, 0.29) is 0 Å². The lowest BCUT2D eigenvalue weighted by Crippen LogP contribution is -1.95. The molecule has 0 spiro atoms. The number of thiazole rings is 1. The van der Waals surface area contributed by atoms with Crippen molar-refractivity contribution in [1.29, 1.82) is 0 Å². The van der Waals surface area contributed by atoms with Gasteiger partial charge in [0.25, 0.3) is 0 Å². The zero-order chi connectivity index (χ0) is 33.5. The molecule has 11 rings (SSSR count). The van der Waals surface area contributed by atoms with Crippen LogP contribution in [-0.2, 0) is 0 Å². The van der Waals surface area contributed by atoms with Gasteiger partial charge >= 0.3 is 0 Å². The molecule has 0 amide bonds. The van der Waals surface area contributed by atoms with Gasteiger partial charge < -0.3 is 8.98 Å². The lowest BCUT2D eigenvalue weighted by Gasteiger charge is -2.13. The van der Waals surface area contributed by atoms with E-state index in [0.29, 0.717) is 0 Å². The van der Waals surface area contributed by atoms with Crippen LogP contribution in [0.5, 0.6) is 0 Å². The third-order valence-electron chi connectivity index (χ3n) is 10.2. The molecule has 0 aliphatic heterocycles. The predicted molar refractivity (Wildman–Crippen MR) is 215 cm³/mol. The first-order valence-corrected chi connectivity index (χ1v) is 18.0. The van der Waals surface area contributed by atoms with Crippen molar-refractivity contribution in [2.75, 3.05) is 0 Å². The van der Waals surface area contributed by atoms with Crippen molar-refractivity contribution >= 4 is 76.1 Å². The topological polar surface area (TPSA) is 31.0 Å². The first-order chi connectivity index (χ1) is 25.3. The van der Waals surface area contributed by atoms with Crippen molar-refractivity contribution in [2.24, 2.45) is 0 Å². The van der Waals surface area contributed by atoms with Crippen LogP contribution in [0.4, 0.5) is 0 Å². The van der Waals surface area contributed by atoms with Gasteiger partial charge in [0.05, 0.1) is 21.3 Å². The van der Waals surface area contributed by atoms with Crippen molar-refractivity contribution in [3.63, 3.8) is 0 Å². The Kier molecular flexibility index (Phi) is 6.12. The maximum absolute atomic E-state index is 6.17. The van der Waals surface area contributed by atoms with E-state index in [9.17, 15) is 0 Å². The molecule has 0 fully saturated rings. The average molecular weight is 669 g/mol. The fraction of sp³-hybridized carbons (Fsp3) is 0. The van der Waals surface area contributed by atoms with E-state index in [4.69, 9.17) is 9.40 Å². The van der Waals surface area contributed by atoms with Crippen LogP contribution in [0.25, 0.3) is 103 Å². The molecule has 51 heavy (non-hydrogen) atoms. The van der Waals surface area contributed by atoms with Crippen LogP contribution in [-0.4, -0.2) is 9.55 Å². The monoisotopic (exact) mass is 668 g/mol. The molecule has 8 aromatic carbocycles. The highest BCUT2D eigenvalue weighted by Crippen LogP contribution is 2.43. The van der Waals surface area contributed by atoms with Gasteiger partial charge in [0.1, 0.15) is 16.2 Å². The Morgan fingerprint density at radius 3 is 1.96 bits per heavy atom. The van der Waals surface area contributed by atoms with Crippen molar-refractivity contribution < 1.29 is 4.42 Å². The molecule has 0 aliphatic rings. The standard InChI is InChI=1S/C47H28N2OS/c1-3-11-29(12-4-1)32-21-25-41-38(27-32)39-28-37(30-13-5-2-6-14-30)34-15-7-8-16-35(34)45(39)49(41)33-22-19-31(20-23-33)47-48-40-24-26-43-44(46(40)51-47)36-17-9-10-18-42(36)50-43/h1-28H. The maximum Gasteiger partial charge on any atom is 0.137 e. The number of rotatable bonds is 4. The minimum absolute atomic E-state index is 0.902. The van der Waals surface area contributed by atoms with Crippen molar-refractivity contribution in [2.45, 2.75) is 0 Å². The summed E-state index contributed by atoms with van der Waals surface area (Å²) < 4.78 is 9.78. The zero-order valence-electron chi connectivity index (χ0n) is 27.4. The molecule has 0 saturated heterocycles. The van der Waals surface area contributed by atoms with E-state index in [1.165, 1.54) is 54.8 Å². The number of furan rings is 1. The molecule has 0 atom stereocenters. The van der Waals surface area contributed by atoms with Gasteiger partial charge in [-0.15, -0.1) is 11.3 Å². The van der Waals surface area contributed by atoms with Crippen LogP contribution in [0.3, 0.4) is 0 Å². The van der Waals surface area contributed by atoms with E-state index < -0.39 is 0 Å². The molecule has 0 N–H and O–H groups in total. The molecule has 0 radical (unpaired) electrons. The first kappa shape index (κ1) is 28.4. The molecule has 0 aliphatic carbocycles. The van der Waals surface area contributed by atoms with Gasteiger partial charge in [0.15, 0.2) is 0 Å². The Bertz CT molecular complexity index is 3110. The number of nitrogens with zero attached hydrogens (tertiary/aromatic N) is 2. The Balaban J connectivity index is 1.13. The summed E-state index contributed by atoms with van der Waals surface area (Å²) in [7, 11) is 0. The third-order valence-corrected chi connectivity index (χ3v) is 11.4. The quantitative estimate of drug-likeness (QED) is 0.187. The van der Waals surface area contributed by atoms with Crippen LogP contribution < -0.4 is 0 Å². The summed E-state index contributed by atoms with van der Waals surface area (Å²) in [5.41, 5.74) is 12.3. The number of benzene rings is 8. The highest BCUT2D eigenvalue weighted by Gasteiger charge is 2.20. The molecule has 11 aromatic rings. The Labute approximate surface area is 297 Å². The van der Waals surface area contributed by atoms with Gasteiger partial charge in [0.2, 0.25) is 0 Å². The van der Waals surface area contributed by atoms with Crippen molar-refractivity contribution in [3.8, 4) is 38.5 Å². The number of hydrogen-bond acceptors (Lipinski definition) is 3. The van der Waals surface area contributed by atoms with Crippen LogP contribution in [0.1, 0.15) is 0 Å². The van der Waals surface area contributed by atoms with E-state index in [1.807, 2.05) is 18.2 Å². The second kappa shape index (κ2) is 11.0. The summed E-state index contributed by atoms with van der Waals surface area (Å²) in [4.78, 5) is 5.10. The predicted octanol–water partition coefficient (Wildman–Crippen LogP) is 13.4. The van der Waals surface area contributed by atoms with E-state index in [0.717, 1.165) is 48.4 Å². The lowest BCUT2D eigenvalue weighted by molar-refractivity contribution is 0.669. The Hall–Kier alpha value is -6.49. The van der Waals surface area contributed by atoms with Crippen LogP contribution in [0, 0.1) is 0 Å². The second-order valence-corrected chi connectivity index (χ2v) is 14.1. The molecular weight excluding hydrogens is 641 g/mol. The van der Waals surface area contributed by atoms with Crippen LogP contribution in [0.2, 0.25) is 0 Å². The maximum atomic E-state index is 6.17. The van der Waals surface area contributed by atoms with Gasteiger partial charge in [-0.25, -0.2) is 4.98 Å². The second-order valence-electron chi connectivity index (χ2n) is 13.1. The van der Waals surface area contributed by atoms with E-state index >= 15 is 0 Å². The summed E-state index contributed by atoms with van der Waals surface area (Å²) in [6.07, 6.45) is 0. The Morgan fingerprint density at radius 2 is 1.16 bits per heavy atom. The SMILES string of the molecule is c1ccc(-c2ccc3c(c2)c2cc(-c4ccccc4)c4ccccc4c2n3-c2ccc(-c3nc4ccc5oc6ccccc6c5c4s3)cc2)cc1. The lowest BCUT2D eigenvalue weighted by atomic mass is 9.94. The van der Waals surface area contributed by atoms with Gasteiger partial charge in [-0.05, 0) is 88.3 Å². The molecule has 3 aromatic heterocycles. The largest absolute Gasteiger partial charge is 0.456 e. The molecule has 0 bridgehead atoms. The normalized spacial score (nSPS) is 11.9.